The molecule has 118 valence electrons. The topological polar surface area (TPSA) is 84.8 Å². The summed E-state index contributed by atoms with van der Waals surface area (Å²) in [5.41, 5.74) is 0.452. The molecular weight excluding hydrogens is 328 g/mol. The summed E-state index contributed by atoms with van der Waals surface area (Å²) in [5, 5.41) is 3.17. The van der Waals surface area contributed by atoms with Gasteiger partial charge in [-0.25, -0.2) is 9.79 Å². The minimum atomic E-state index is -0.939. The number of carbonyl (C=O) groups is 3. The monoisotopic (exact) mass is 342 g/mol. The van der Waals surface area contributed by atoms with Gasteiger partial charge in [-0.05, 0) is 12.1 Å². The molecule has 0 spiro atoms. The highest BCUT2D eigenvalue weighted by atomic mass is 35.5. The van der Waals surface area contributed by atoms with Crippen LogP contribution in [0.4, 0.5) is 5.69 Å². The normalized spacial score (nSPS) is 11.0. The molecule has 6 nitrogen and oxygen atoms in total. The van der Waals surface area contributed by atoms with Crippen LogP contribution >= 0.6 is 23.4 Å². The number of carbonyl (C=O) groups excluding carboxylic acids is 3. The minimum absolute atomic E-state index is 0.192. The Morgan fingerprint density at radius 3 is 2.59 bits per heavy atom. The Morgan fingerprint density at radius 2 is 2.00 bits per heavy atom. The second-order valence-corrected chi connectivity index (χ2v) is 5.34. The van der Waals surface area contributed by atoms with E-state index in [9.17, 15) is 14.4 Å². The van der Waals surface area contributed by atoms with Crippen molar-refractivity contribution in [2.45, 2.75) is 13.3 Å². The Kier molecular flexibility index (Phi) is 7.62. The van der Waals surface area contributed by atoms with Gasteiger partial charge in [-0.3, -0.25) is 9.59 Å². The third-order valence-electron chi connectivity index (χ3n) is 2.39. The van der Waals surface area contributed by atoms with Crippen molar-refractivity contribution in [3.8, 4) is 0 Å². The fourth-order valence-corrected chi connectivity index (χ4v) is 2.17. The number of hydrogen-bond donors (Lipinski definition) is 1. The number of thioether (sulfide) groups is 1. The van der Waals surface area contributed by atoms with Crippen LogP contribution in [0.25, 0.3) is 0 Å². The number of halogens is 1. The fourth-order valence-electron chi connectivity index (χ4n) is 1.26. The van der Waals surface area contributed by atoms with Gasteiger partial charge >= 0.3 is 5.97 Å². The van der Waals surface area contributed by atoms with Crippen molar-refractivity contribution in [3.63, 3.8) is 0 Å². The summed E-state index contributed by atoms with van der Waals surface area (Å²) in [6, 6.07) is 6.82. The summed E-state index contributed by atoms with van der Waals surface area (Å²) in [7, 11) is 1.13. The van der Waals surface area contributed by atoms with Crippen molar-refractivity contribution >= 4 is 51.9 Å². The maximum Gasteiger partial charge on any atom is 0.375 e. The number of para-hydroxylation sites is 1. The number of amides is 1. The second kappa shape index (κ2) is 9.22. The zero-order chi connectivity index (χ0) is 16.5. The van der Waals surface area contributed by atoms with E-state index in [0.717, 1.165) is 18.9 Å². The average Bonchev–Trinajstić information content (AvgIpc) is 2.53. The first-order valence-electron chi connectivity index (χ1n) is 6.35. The highest BCUT2D eigenvalue weighted by Gasteiger charge is 2.16. The summed E-state index contributed by atoms with van der Waals surface area (Å²) in [4.78, 5) is 38.3. The predicted molar refractivity (Wildman–Crippen MR) is 86.5 cm³/mol. The van der Waals surface area contributed by atoms with Crippen LogP contribution in [0.5, 0.6) is 0 Å². The van der Waals surface area contributed by atoms with Gasteiger partial charge in [0.2, 0.25) is 11.7 Å². The number of nitrogens with one attached hydrogen (secondary N) is 1. The molecule has 1 N–H and O–H groups in total. The summed E-state index contributed by atoms with van der Waals surface area (Å²) in [6.07, 6.45) is 0.257. The van der Waals surface area contributed by atoms with Crippen molar-refractivity contribution in [2.24, 2.45) is 4.99 Å². The highest BCUT2D eigenvalue weighted by molar-refractivity contribution is 8.14. The molecule has 0 unspecified atom stereocenters. The van der Waals surface area contributed by atoms with E-state index in [-0.39, 0.29) is 23.2 Å². The molecule has 1 aromatic carbocycles. The number of esters is 1. The SMILES string of the molecule is CCC(=O)NC(=Nc1ccccc1Cl)SCC(=O)C(=O)OC. The molecule has 8 heteroatoms. The summed E-state index contributed by atoms with van der Waals surface area (Å²) in [5.74, 6) is -2.11. The van der Waals surface area contributed by atoms with Gasteiger partial charge in [-0.15, -0.1) is 0 Å². The number of benzene rings is 1. The van der Waals surface area contributed by atoms with Crippen LogP contribution in [0.15, 0.2) is 29.3 Å². The van der Waals surface area contributed by atoms with Gasteiger partial charge in [0.1, 0.15) is 0 Å². The lowest BCUT2D eigenvalue weighted by atomic mass is 10.3. The third kappa shape index (κ3) is 5.87. The molecule has 22 heavy (non-hydrogen) atoms. The minimum Gasteiger partial charge on any atom is -0.463 e. The lowest BCUT2D eigenvalue weighted by molar-refractivity contribution is -0.150. The average molecular weight is 343 g/mol. The third-order valence-corrected chi connectivity index (χ3v) is 3.59. The molecule has 0 aliphatic rings. The first-order chi connectivity index (χ1) is 10.5. The second-order valence-electron chi connectivity index (χ2n) is 3.97. The molecule has 0 aromatic heterocycles. The molecule has 0 saturated heterocycles. The van der Waals surface area contributed by atoms with E-state index in [1.807, 2.05) is 0 Å². The van der Waals surface area contributed by atoms with Gasteiger partial charge in [-0.2, -0.15) is 0 Å². The highest BCUT2D eigenvalue weighted by Crippen LogP contribution is 2.25. The van der Waals surface area contributed by atoms with Crippen LogP contribution in [0.1, 0.15) is 13.3 Å². The van der Waals surface area contributed by atoms with Gasteiger partial charge < -0.3 is 10.1 Å². The Labute approximate surface area is 137 Å². The summed E-state index contributed by atoms with van der Waals surface area (Å²) in [6.45, 7) is 1.69. The Morgan fingerprint density at radius 1 is 1.32 bits per heavy atom. The van der Waals surface area contributed by atoms with E-state index < -0.39 is 11.8 Å². The van der Waals surface area contributed by atoms with Crippen LogP contribution in [-0.2, 0) is 19.1 Å². The standard InChI is InChI=1S/C14H15ClN2O4S/c1-3-12(19)17-14(22-8-11(18)13(20)21-2)16-10-7-5-4-6-9(10)15/h4-7H,3,8H2,1-2H3,(H,16,17,19). The van der Waals surface area contributed by atoms with E-state index in [4.69, 9.17) is 11.6 Å². The van der Waals surface area contributed by atoms with Crippen molar-refractivity contribution < 1.29 is 19.1 Å². The Hall–Kier alpha value is -1.86. The molecule has 0 fully saturated rings. The van der Waals surface area contributed by atoms with Crippen molar-refractivity contribution in [1.82, 2.24) is 5.32 Å². The molecule has 0 heterocycles. The van der Waals surface area contributed by atoms with Crippen LogP contribution in [-0.4, -0.2) is 35.7 Å². The van der Waals surface area contributed by atoms with E-state index in [0.29, 0.717) is 10.7 Å². The number of ketones is 1. The summed E-state index contributed by atoms with van der Waals surface area (Å²) >= 11 is 6.93. The van der Waals surface area contributed by atoms with E-state index in [2.05, 4.69) is 15.0 Å². The largest absolute Gasteiger partial charge is 0.463 e. The van der Waals surface area contributed by atoms with Crippen LogP contribution in [0.2, 0.25) is 5.02 Å². The number of aliphatic imine (C=N–C) groups is 1. The molecular formula is C14H15ClN2O4S. The number of ether oxygens (including phenoxy) is 1. The van der Waals surface area contributed by atoms with Crippen molar-refractivity contribution in [1.29, 1.82) is 0 Å². The van der Waals surface area contributed by atoms with E-state index >= 15 is 0 Å². The number of rotatable bonds is 5. The van der Waals surface area contributed by atoms with Crippen LogP contribution in [0.3, 0.4) is 0 Å². The van der Waals surface area contributed by atoms with Gasteiger partial charge in [0.05, 0.1) is 23.6 Å². The van der Waals surface area contributed by atoms with Crippen molar-refractivity contribution in [3.05, 3.63) is 29.3 Å². The Bertz CT molecular complexity index is 604. The smallest absolute Gasteiger partial charge is 0.375 e. The number of methoxy groups -OCH3 is 1. The molecule has 0 aliphatic carbocycles. The number of Topliss-reactive ketones (excluding diaryl/α,β-unsaturated/α-hetero) is 1. The summed E-state index contributed by atoms with van der Waals surface area (Å²) < 4.78 is 4.33. The van der Waals surface area contributed by atoms with Gasteiger partial charge in [-0.1, -0.05) is 42.4 Å². The first kappa shape index (κ1) is 18.2. The van der Waals surface area contributed by atoms with Crippen LogP contribution < -0.4 is 5.32 Å². The fraction of sp³-hybridized carbons (Fsp3) is 0.286. The van der Waals surface area contributed by atoms with Gasteiger partial charge in [0, 0.05) is 6.42 Å². The maximum absolute atomic E-state index is 11.5. The molecule has 0 radical (unpaired) electrons. The molecule has 0 aliphatic heterocycles. The van der Waals surface area contributed by atoms with Gasteiger partial charge in [0.25, 0.3) is 0 Å². The zero-order valence-electron chi connectivity index (χ0n) is 12.1. The molecule has 0 bridgehead atoms. The van der Waals surface area contributed by atoms with Crippen molar-refractivity contribution in [2.75, 3.05) is 12.9 Å². The van der Waals surface area contributed by atoms with Crippen LogP contribution in [0, 0.1) is 0 Å². The molecule has 0 atom stereocenters. The lowest BCUT2D eigenvalue weighted by Crippen LogP contribution is -2.29. The molecule has 1 amide bonds. The predicted octanol–water partition coefficient (Wildman–Crippen LogP) is 2.33. The molecule has 1 aromatic rings. The number of hydrogen-bond acceptors (Lipinski definition) is 6. The lowest BCUT2D eigenvalue weighted by Gasteiger charge is -2.07. The van der Waals surface area contributed by atoms with E-state index in [1.165, 1.54) is 0 Å². The number of amidine groups is 1. The molecule has 1 rings (SSSR count). The first-order valence-corrected chi connectivity index (χ1v) is 7.71. The number of nitrogens with zero attached hydrogens (tertiary/aromatic N) is 1. The Balaban J connectivity index is 2.89. The van der Waals surface area contributed by atoms with E-state index in [1.54, 1.807) is 31.2 Å². The molecule has 0 saturated carbocycles. The van der Waals surface area contributed by atoms with Gasteiger partial charge in [0.15, 0.2) is 5.17 Å². The zero-order valence-corrected chi connectivity index (χ0v) is 13.7. The quantitative estimate of drug-likeness (QED) is 0.384. The maximum atomic E-state index is 11.5.